The van der Waals surface area contributed by atoms with Crippen molar-refractivity contribution in [1.29, 1.82) is 0 Å². The number of benzene rings is 2. The Labute approximate surface area is 166 Å². The fraction of sp³-hybridized carbons (Fsp3) is 0.304. The minimum atomic E-state index is 0.884. The predicted molar refractivity (Wildman–Crippen MR) is 116 cm³/mol. The zero-order valence-electron chi connectivity index (χ0n) is 16.4. The number of nitrogens with zero attached hydrogens (tertiary/aromatic N) is 3. The summed E-state index contributed by atoms with van der Waals surface area (Å²) < 4.78 is 0. The van der Waals surface area contributed by atoms with Crippen LogP contribution in [0.25, 0.3) is 16.6 Å². The van der Waals surface area contributed by atoms with E-state index in [4.69, 9.17) is 0 Å². The molecule has 0 saturated carbocycles. The Morgan fingerprint density at radius 3 is 2.71 bits per heavy atom. The largest absolute Gasteiger partial charge is 0.356 e. The normalized spacial score (nSPS) is 15.0. The summed E-state index contributed by atoms with van der Waals surface area (Å²) in [4.78, 5) is 14.8. The Morgan fingerprint density at radius 2 is 1.96 bits per heavy atom. The van der Waals surface area contributed by atoms with Gasteiger partial charge >= 0.3 is 0 Å². The van der Waals surface area contributed by atoms with Gasteiger partial charge in [0.05, 0.1) is 11.0 Å². The van der Waals surface area contributed by atoms with Gasteiger partial charge in [0.25, 0.3) is 0 Å². The second-order valence-electron chi connectivity index (χ2n) is 7.07. The highest BCUT2D eigenvalue weighted by molar-refractivity contribution is 5.81. The maximum Gasteiger partial charge on any atom is 0.193 e. The van der Waals surface area contributed by atoms with Crippen LogP contribution in [0.1, 0.15) is 24.2 Å². The van der Waals surface area contributed by atoms with E-state index in [1.54, 1.807) is 0 Å². The number of aromatic amines is 1. The molecule has 2 N–H and O–H groups in total. The van der Waals surface area contributed by atoms with E-state index in [-0.39, 0.29) is 0 Å². The molecule has 0 amide bonds. The van der Waals surface area contributed by atoms with Gasteiger partial charge in [-0.1, -0.05) is 48.5 Å². The molecule has 1 aromatic heterocycles. The number of hydrogen-bond donors (Lipinski definition) is 2. The van der Waals surface area contributed by atoms with Crippen molar-refractivity contribution < 1.29 is 0 Å². The fourth-order valence-electron chi connectivity index (χ4n) is 3.69. The lowest BCUT2D eigenvalue weighted by molar-refractivity contribution is 0.439. The van der Waals surface area contributed by atoms with E-state index < -0.39 is 0 Å². The highest BCUT2D eigenvalue weighted by atomic mass is 15.3. The van der Waals surface area contributed by atoms with Gasteiger partial charge in [-0.2, -0.15) is 0 Å². The molecule has 0 fully saturated rings. The van der Waals surface area contributed by atoms with Crippen LogP contribution in [-0.2, 0) is 6.42 Å². The molecule has 0 spiro atoms. The molecule has 0 saturated heterocycles. The first kappa shape index (κ1) is 18.3. The second kappa shape index (κ2) is 8.74. The number of rotatable bonds is 5. The molecule has 144 valence electrons. The SMILES string of the molecule is CN=C(NCCCc1nc2ccccc2[nH]1)N1CC=C(c2ccccc2)CC1. The Morgan fingerprint density at radius 1 is 1.14 bits per heavy atom. The molecule has 4 rings (SSSR count). The van der Waals surface area contributed by atoms with Gasteiger partial charge in [-0.25, -0.2) is 4.98 Å². The van der Waals surface area contributed by atoms with Crippen LogP contribution >= 0.6 is 0 Å². The molecule has 1 aliphatic heterocycles. The van der Waals surface area contributed by atoms with Crippen molar-refractivity contribution in [2.45, 2.75) is 19.3 Å². The predicted octanol–water partition coefficient (Wildman–Crippen LogP) is 3.86. The summed E-state index contributed by atoms with van der Waals surface area (Å²) in [5, 5.41) is 3.50. The fourth-order valence-corrected chi connectivity index (χ4v) is 3.69. The van der Waals surface area contributed by atoms with E-state index in [9.17, 15) is 0 Å². The van der Waals surface area contributed by atoms with E-state index in [0.29, 0.717) is 0 Å². The molecular formula is C23H27N5. The van der Waals surface area contributed by atoms with Crippen molar-refractivity contribution in [3.05, 3.63) is 72.1 Å². The first-order chi connectivity index (χ1) is 13.8. The molecule has 28 heavy (non-hydrogen) atoms. The monoisotopic (exact) mass is 373 g/mol. The highest BCUT2D eigenvalue weighted by Gasteiger charge is 2.15. The number of H-pyrrole nitrogens is 1. The van der Waals surface area contributed by atoms with Crippen LogP contribution < -0.4 is 5.32 Å². The van der Waals surface area contributed by atoms with Crippen LogP contribution in [0, 0.1) is 0 Å². The average Bonchev–Trinajstić information content (AvgIpc) is 3.17. The number of aryl methyl sites for hydroxylation is 1. The van der Waals surface area contributed by atoms with Gasteiger partial charge in [0.2, 0.25) is 0 Å². The maximum absolute atomic E-state index is 4.64. The minimum Gasteiger partial charge on any atom is -0.356 e. The molecule has 3 aromatic rings. The molecule has 2 aromatic carbocycles. The van der Waals surface area contributed by atoms with E-state index in [0.717, 1.165) is 61.7 Å². The molecular weight excluding hydrogens is 346 g/mol. The van der Waals surface area contributed by atoms with E-state index in [1.165, 1.54) is 11.1 Å². The van der Waals surface area contributed by atoms with Crippen LogP contribution in [0.15, 0.2) is 65.7 Å². The second-order valence-corrected chi connectivity index (χ2v) is 7.07. The standard InChI is InChI=1S/C23H27N5/c1-24-23(28-16-13-19(14-17-28)18-8-3-2-4-9-18)25-15-7-12-22-26-20-10-5-6-11-21(20)27-22/h2-6,8-11,13H,7,12,14-17H2,1H3,(H,24,25)(H,26,27). The van der Waals surface area contributed by atoms with Gasteiger partial charge in [-0.15, -0.1) is 0 Å². The molecule has 0 bridgehead atoms. The van der Waals surface area contributed by atoms with Crippen molar-refractivity contribution in [3.63, 3.8) is 0 Å². The molecule has 5 nitrogen and oxygen atoms in total. The van der Waals surface area contributed by atoms with Crippen LogP contribution in [-0.4, -0.2) is 47.5 Å². The Hall–Kier alpha value is -3.08. The molecule has 0 atom stereocenters. The van der Waals surface area contributed by atoms with Crippen LogP contribution in [0.2, 0.25) is 0 Å². The number of para-hydroxylation sites is 2. The van der Waals surface area contributed by atoms with Crippen molar-refractivity contribution in [3.8, 4) is 0 Å². The Kier molecular flexibility index (Phi) is 5.71. The lowest BCUT2D eigenvalue weighted by Crippen LogP contribution is -2.43. The Balaban J connectivity index is 1.26. The van der Waals surface area contributed by atoms with Crippen LogP contribution in [0.5, 0.6) is 0 Å². The minimum absolute atomic E-state index is 0.884. The number of imidazole rings is 1. The van der Waals surface area contributed by atoms with Crippen molar-refractivity contribution in [2.75, 3.05) is 26.7 Å². The lowest BCUT2D eigenvalue weighted by atomic mass is 10.00. The molecule has 5 heteroatoms. The van der Waals surface area contributed by atoms with Gasteiger partial charge in [-0.05, 0) is 36.1 Å². The smallest absolute Gasteiger partial charge is 0.193 e. The van der Waals surface area contributed by atoms with Gasteiger partial charge in [-0.3, -0.25) is 4.99 Å². The zero-order chi connectivity index (χ0) is 19.2. The van der Waals surface area contributed by atoms with Crippen LogP contribution in [0.4, 0.5) is 0 Å². The van der Waals surface area contributed by atoms with E-state index >= 15 is 0 Å². The summed E-state index contributed by atoms with van der Waals surface area (Å²) in [6.07, 6.45) is 5.30. The quantitative estimate of drug-likeness (QED) is 0.406. The van der Waals surface area contributed by atoms with Crippen LogP contribution in [0.3, 0.4) is 0 Å². The van der Waals surface area contributed by atoms with Gasteiger partial charge < -0.3 is 15.2 Å². The zero-order valence-corrected chi connectivity index (χ0v) is 16.4. The van der Waals surface area contributed by atoms with Crippen molar-refractivity contribution >= 4 is 22.6 Å². The summed E-state index contributed by atoms with van der Waals surface area (Å²) in [6.45, 7) is 2.77. The maximum atomic E-state index is 4.64. The van der Waals surface area contributed by atoms with E-state index in [2.05, 4.69) is 67.7 Å². The number of guanidine groups is 1. The molecule has 0 radical (unpaired) electrons. The lowest BCUT2D eigenvalue weighted by Gasteiger charge is -2.29. The van der Waals surface area contributed by atoms with Gasteiger partial charge in [0.1, 0.15) is 5.82 Å². The number of hydrogen-bond acceptors (Lipinski definition) is 2. The summed E-state index contributed by atoms with van der Waals surface area (Å²) in [5.41, 5.74) is 4.90. The number of aromatic nitrogens is 2. The third-order valence-corrected chi connectivity index (χ3v) is 5.18. The summed E-state index contributed by atoms with van der Waals surface area (Å²) >= 11 is 0. The molecule has 0 aliphatic carbocycles. The number of aliphatic imine (C=N–C) groups is 1. The third-order valence-electron chi connectivity index (χ3n) is 5.18. The topological polar surface area (TPSA) is 56.3 Å². The summed E-state index contributed by atoms with van der Waals surface area (Å²) in [6, 6.07) is 18.8. The average molecular weight is 374 g/mol. The first-order valence-electron chi connectivity index (χ1n) is 9.97. The first-order valence-corrected chi connectivity index (χ1v) is 9.97. The van der Waals surface area contributed by atoms with Crippen molar-refractivity contribution in [2.24, 2.45) is 4.99 Å². The van der Waals surface area contributed by atoms with E-state index in [1.807, 2.05) is 25.2 Å². The third kappa shape index (κ3) is 4.25. The molecule has 0 unspecified atom stereocenters. The van der Waals surface area contributed by atoms with Crippen molar-refractivity contribution in [1.82, 2.24) is 20.2 Å². The number of fused-ring (bicyclic) bond motifs is 1. The Bertz CT molecular complexity index is 938. The summed E-state index contributed by atoms with van der Waals surface area (Å²) in [7, 11) is 1.86. The molecule has 1 aliphatic rings. The van der Waals surface area contributed by atoms with Gasteiger partial charge in [0, 0.05) is 33.1 Å². The highest BCUT2D eigenvalue weighted by Crippen LogP contribution is 2.22. The summed E-state index contributed by atoms with van der Waals surface area (Å²) in [5.74, 6) is 2.03. The molecule has 2 heterocycles. The number of nitrogens with one attached hydrogen (secondary N) is 2. The van der Waals surface area contributed by atoms with Gasteiger partial charge in [0.15, 0.2) is 5.96 Å².